The molecule has 0 unspecified atom stereocenters. The van der Waals surface area contributed by atoms with Crippen molar-refractivity contribution in [1.29, 1.82) is 0 Å². The smallest absolute Gasteiger partial charge is 0.332 e. The van der Waals surface area contributed by atoms with Crippen LogP contribution in [0.1, 0.15) is 21.5 Å². The molecule has 38 heavy (non-hydrogen) atoms. The molecule has 0 saturated heterocycles. The second-order valence-electron chi connectivity index (χ2n) is 8.56. The molecule has 9 nitrogen and oxygen atoms in total. The van der Waals surface area contributed by atoms with Crippen molar-refractivity contribution in [3.63, 3.8) is 0 Å². The molecule has 0 aliphatic carbocycles. The zero-order chi connectivity index (χ0) is 27.2. The highest BCUT2D eigenvalue weighted by Crippen LogP contribution is 2.30. The molecule has 0 aliphatic heterocycles. The van der Waals surface area contributed by atoms with Gasteiger partial charge in [-0.15, -0.1) is 0 Å². The van der Waals surface area contributed by atoms with Gasteiger partial charge >= 0.3 is 5.69 Å². The highest BCUT2D eigenvalue weighted by Gasteiger charge is 2.18. The van der Waals surface area contributed by atoms with E-state index in [0.29, 0.717) is 51.7 Å². The Balaban J connectivity index is 1.78. The van der Waals surface area contributed by atoms with Gasteiger partial charge in [-0.2, -0.15) is 0 Å². The van der Waals surface area contributed by atoms with Crippen LogP contribution in [0.3, 0.4) is 0 Å². The lowest BCUT2D eigenvalue weighted by molar-refractivity contribution is 0.0937. The second-order valence-corrected chi connectivity index (χ2v) is 8.99. The van der Waals surface area contributed by atoms with Gasteiger partial charge in [0.15, 0.2) is 11.5 Å². The molecule has 0 spiro atoms. The van der Waals surface area contributed by atoms with Crippen LogP contribution in [0.25, 0.3) is 10.9 Å². The first-order valence-electron chi connectivity index (χ1n) is 11.9. The van der Waals surface area contributed by atoms with Crippen molar-refractivity contribution in [2.45, 2.75) is 13.1 Å². The van der Waals surface area contributed by atoms with E-state index in [0.717, 1.165) is 5.56 Å². The molecule has 3 aromatic carbocycles. The van der Waals surface area contributed by atoms with Crippen molar-refractivity contribution in [3.05, 3.63) is 103 Å². The van der Waals surface area contributed by atoms with Crippen molar-refractivity contribution < 1.29 is 19.0 Å². The molecule has 4 rings (SSSR count). The van der Waals surface area contributed by atoms with Crippen molar-refractivity contribution in [3.8, 4) is 11.5 Å². The maximum absolute atomic E-state index is 13.7. The van der Waals surface area contributed by atoms with Gasteiger partial charge in [-0.25, -0.2) is 4.79 Å². The summed E-state index contributed by atoms with van der Waals surface area (Å²) in [6.45, 7) is 1.04. The highest BCUT2D eigenvalue weighted by atomic mass is 35.5. The van der Waals surface area contributed by atoms with Crippen molar-refractivity contribution >= 4 is 28.4 Å². The van der Waals surface area contributed by atoms with Crippen LogP contribution in [0.4, 0.5) is 0 Å². The topological polar surface area (TPSA) is 101 Å². The second kappa shape index (κ2) is 12.0. The summed E-state index contributed by atoms with van der Waals surface area (Å²) < 4.78 is 18.5. The lowest BCUT2D eigenvalue weighted by Crippen LogP contribution is -2.40. The molecular weight excluding hydrogens is 510 g/mol. The normalized spacial score (nSPS) is 10.9. The van der Waals surface area contributed by atoms with E-state index >= 15 is 0 Å². The Morgan fingerprint density at radius 1 is 0.842 bits per heavy atom. The van der Waals surface area contributed by atoms with Gasteiger partial charge < -0.3 is 19.5 Å². The average Bonchev–Trinajstić information content (AvgIpc) is 2.94. The number of fused-ring (bicyclic) bond motifs is 1. The standard InChI is InChI=1S/C28H28ClN3O6/c1-36-13-12-30-26(33)20-8-4-18(5-9-20)17-32-27(34)22-14-24(37-2)25(38-3)15-23(22)31(28(32)35)16-19-6-10-21(29)11-7-19/h4-11,14-15H,12-13,16-17H2,1-3H3,(H,30,33). The predicted octanol–water partition coefficient (Wildman–Crippen LogP) is 3.31. The maximum atomic E-state index is 13.7. The fourth-order valence-electron chi connectivity index (χ4n) is 4.12. The summed E-state index contributed by atoms with van der Waals surface area (Å²) in [6, 6.07) is 17.1. The third-order valence-electron chi connectivity index (χ3n) is 6.13. The fraction of sp³-hybridized carbons (Fsp3) is 0.250. The van der Waals surface area contributed by atoms with E-state index in [-0.39, 0.29) is 19.0 Å². The maximum Gasteiger partial charge on any atom is 0.332 e. The molecule has 198 valence electrons. The number of hydrogen-bond acceptors (Lipinski definition) is 6. The van der Waals surface area contributed by atoms with E-state index in [4.69, 9.17) is 25.8 Å². The van der Waals surface area contributed by atoms with E-state index in [1.807, 2.05) is 12.1 Å². The van der Waals surface area contributed by atoms with Gasteiger partial charge in [0.2, 0.25) is 0 Å². The number of rotatable bonds is 10. The number of nitrogens with one attached hydrogen (secondary N) is 1. The number of nitrogens with zero attached hydrogens (tertiary/aromatic N) is 2. The molecule has 0 bridgehead atoms. The number of benzene rings is 3. The number of carbonyl (C=O) groups excluding carboxylic acids is 1. The summed E-state index contributed by atoms with van der Waals surface area (Å²) >= 11 is 6.04. The van der Waals surface area contributed by atoms with Gasteiger partial charge in [-0.05, 0) is 41.5 Å². The Bertz CT molecular complexity index is 1560. The number of aromatic nitrogens is 2. The summed E-state index contributed by atoms with van der Waals surface area (Å²) in [5.41, 5.74) is 1.47. The Labute approximate surface area is 224 Å². The Hall–Kier alpha value is -4.08. The van der Waals surface area contributed by atoms with E-state index in [2.05, 4.69) is 5.32 Å². The third kappa shape index (κ3) is 5.74. The Kier molecular flexibility index (Phi) is 8.50. The molecule has 0 radical (unpaired) electrons. The minimum Gasteiger partial charge on any atom is -0.493 e. The quantitative estimate of drug-likeness (QED) is 0.312. The van der Waals surface area contributed by atoms with Crippen LogP contribution in [-0.4, -0.2) is 49.5 Å². The van der Waals surface area contributed by atoms with Gasteiger partial charge in [0.25, 0.3) is 11.5 Å². The monoisotopic (exact) mass is 537 g/mol. The van der Waals surface area contributed by atoms with Crippen molar-refractivity contribution in [1.82, 2.24) is 14.5 Å². The van der Waals surface area contributed by atoms with Gasteiger partial charge in [-0.1, -0.05) is 35.9 Å². The van der Waals surface area contributed by atoms with Gasteiger partial charge in [0, 0.05) is 30.3 Å². The summed E-state index contributed by atoms with van der Waals surface area (Å²) in [4.78, 5) is 39.5. The molecule has 0 saturated carbocycles. The van der Waals surface area contributed by atoms with E-state index < -0.39 is 11.2 Å². The minimum absolute atomic E-state index is 0.0220. The summed E-state index contributed by atoms with van der Waals surface area (Å²) in [7, 11) is 4.54. The largest absolute Gasteiger partial charge is 0.493 e. The van der Waals surface area contributed by atoms with Crippen LogP contribution in [0.5, 0.6) is 11.5 Å². The Morgan fingerprint density at radius 3 is 2.03 bits per heavy atom. The molecule has 0 atom stereocenters. The number of methoxy groups -OCH3 is 3. The van der Waals surface area contributed by atoms with Crippen molar-refractivity contribution in [2.75, 3.05) is 34.5 Å². The predicted molar refractivity (Wildman–Crippen MR) is 146 cm³/mol. The summed E-state index contributed by atoms with van der Waals surface area (Å²) in [6.07, 6.45) is 0. The van der Waals surface area contributed by atoms with Crippen LogP contribution >= 0.6 is 11.6 Å². The number of amides is 1. The van der Waals surface area contributed by atoms with E-state index in [1.165, 1.54) is 23.4 Å². The molecule has 10 heteroatoms. The van der Waals surface area contributed by atoms with Crippen molar-refractivity contribution in [2.24, 2.45) is 0 Å². The number of hydrogen-bond donors (Lipinski definition) is 1. The first-order chi connectivity index (χ1) is 18.4. The summed E-state index contributed by atoms with van der Waals surface area (Å²) in [5, 5.41) is 3.65. The first kappa shape index (κ1) is 27.0. The molecule has 1 heterocycles. The molecule has 1 aromatic heterocycles. The zero-order valence-corrected chi connectivity index (χ0v) is 22.1. The van der Waals surface area contributed by atoms with Crippen LogP contribution in [0.2, 0.25) is 5.02 Å². The lowest BCUT2D eigenvalue weighted by atomic mass is 10.1. The van der Waals surface area contributed by atoms with Gasteiger partial charge in [-0.3, -0.25) is 18.7 Å². The van der Waals surface area contributed by atoms with Gasteiger partial charge in [0.05, 0.1) is 44.8 Å². The van der Waals surface area contributed by atoms with E-state index in [1.54, 1.807) is 55.6 Å². The SMILES string of the molecule is COCCNC(=O)c1ccc(Cn2c(=O)c3cc(OC)c(OC)cc3n(Cc3ccc(Cl)cc3)c2=O)cc1. The average molecular weight is 538 g/mol. The number of carbonyl (C=O) groups is 1. The highest BCUT2D eigenvalue weighted by molar-refractivity contribution is 6.30. The number of ether oxygens (including phenoxy) is 3. The molecule has 1 N–H and O–H groups in total. The van der Waals surface area contributed by atoms with Crippen LogP contribution in [0.15, 0.2) is 70.3 Å². The Morgan fingerprint density at radius 2 is 1.42 bits per heavy atom. The minimum atomic E-state index is -0.481. The van der Waals surface area contributed by atoms with Gasteiger partial charge in [0.1, 0.15) is 0 Å². The lowest BCUT2D eigenvalue weighted by Gasteiger charge is -2.17. The zero-order valence-electron chi connectivity index (χ0n) is 21.3. The summed E-state index contributed by atoms with van der Waals surface area (Å²) in [5.74, 6) is 0.549. The first-order valence-corrected chi connectivity index (χ1v) is 12.2. The molecule has 1 amide bonds. The fourth-order valence-corrected chi connectivity index (χ4v) is 4.25. The number of halogens is 1. The van der Waals surface area contributed by atoms with Crippen LogP contribution in [0, 0.1) is 0 Å². The molecule has 0 fully saturated rings. The molecule has 4 aromatic rings. The van der Waals surface area contributed by atoms with Crippen LogP contribution < -0.4 is 26.0 Å². The van der Waals surface area contributed by atoms with E-state index in [9.17, 15) is 14.4 Å². The molecular formula is C28H28ClN3O6. The molecule has 0 aliphatic rings. The van der Waals surface area contributed by atoms with Crippen LogP contribution in [-0.2, 0) is 17.8 Å². The third-order valence-corrected chi connectivity index (χ3v) is 6.38.